The van der Waals surface area contributed by atoms with Crippen LogP contribution in [0.25, 0.3) is 0 Å². The Morgan fingerprint density at radius 2 is 2.00 bits per heavy atom. The number of hydrogen-bond donors (Lipinski definition) is 2. The Morgan fingerprint density at radius 3 is 2.45 bits per heavy atom. The Kier molecular flexibility index (Phi) is 6.61. The molecule has 0 aliphatic heterocycles. The summed E-state index contributed by atoms with van der Waals surface area (Å²) < 4.78 is 5.42. The standard InChI is InChI=1S/C15H21ClN2O4/c1-8(2)7-22-14-11(16)5-10(6-17-14)13(19)18-12(9(3)4)15(20)21/h5-6,8-9,12H,7H2,1-4H3,(H,18,19)(H,20,21)/t12-/m1/s1. The summed E-state index contributed by atoms with van der Waals surface area (Å²) in [6.07, 6.45) is 1.32. The summed E-state index contributed by atoms with van der Waals surface area (Å²) in [4.78, 5) is 27.2. The zero-order valence-electron chi connectivity index (χ0n) is 13.1. The molecule has 0 saturated carbocycles. The van der Waals surface area contributed by atoms with Gasteiger partial charge < -0.3 is 15.2 Å². The first-order valence-electron chi connectivity index (χ1n) is 7.04. The molecule has 1 atom stereocenters. The van der Waals surface area contributed by atoms with E-state index in [2.05, 4.69) is 10.3 Å². The average molecular weight is 329 g/mol. The van der Waals surface area contributed by atoms with Crippen LogP contribution in [-0.2, 0) is 4.79 Å². The minimum atomic E-state index is -1.08. The molecule has 0 fully saturated rings. The number of carbonyl (C=O) groups excluding carboxylic acids is 1. The van der Waals surface area contributed by atoms with Crippen LogP contribution < -0.4 is 10.1 Å². The average Bonchev–Trinajstić information content (AvgIpc) is 2.42. The molecule has 1 heterocycles. The number of rotatable bonds is 7. The highest BCUT2D eigenvalue weighted by Crippen LogP contribution is 2.23. The molecule has 0 unspecified atom stereocenters. The third-order valence-electron chi connectivity index (χ3n) is 2.84. The van der Waals surface area contributed by atoms with Crippen LogP contribution in [0.4, 0.5) is 0 Å². The molecular formula is C15H21ClN2O4. The molecule has 6 nitrogen and oxygen atoms in total. The third kappa shape index (κ3) is 5.18. The number of pyridine rings is 1. The molecule has 0 bridgehead atoms. The molecule has 0 radical (unpaired) electrons. The molecule has 1 aromatic heterocycles. The second-order valence-electron chi connectivity index (χ2n) is 5.75. The summed E-state index contributed by atoms with van der Waals surface area (Å²) in [5, 5.41) is 11.7. The van der Waals surface area contributed by atoms with E-state index in [1.54, 1.807) is 13.8 Å². The number of nitrogens with one attached hydrogen (secondary N) is 1. The van der Waals surface area contributed by atoms with Crippen molar-refractivity contribution in [1.82, 2.24) is 10.3 Å². The van der Waals surface area contributed by atoms with Gasteiger partial charge in [0.2, 0.25) is 5.88 Å². The van der Waals surface area contributed by atoms with Crippen LogP contribution in [0.5, 0.6) is 5.88 Å². The van der Waals surface area contributed by atoms with E-state index in [1.165, 1.54) is 12.3 Å². The van der Waals surface area contributed by atoms with E-state index in [1.807, 2.05) is 13.8 Å². The number of aliphatic carboxylic acids is 1. The quantitative estimate of drug-likeness (QED) is 0.803. The normalized spacial score (nSPS) is 12.3. The van der Waals surface area contributed by atoms with Crippen LogP contribution in [0.1, 0.15) is 38.1 Å². The van der Waals surface area contributed by atoms with Gasteiger partial charge in [-0.15, -0.1) is 0 Å². The number of nitrogens with zero attached hydrogens (tertiary/aromatic N) is 1. The van der Waals surface area contributed by atoms with Gasteiger partial charge >= 0.3 is 5.97 Å². The predicted octanol–water partition coefficient (Wildman–Crippen LogP) is 2.61. The Morgan fingerprint density at radius 1 is 1.36 bits per heavy atom. The van der Waals surface area contributed by atoms with Crippen LogP contribution in [0, 0.1) is 11.8 Å². The van der Waals surface area contributed by atoms with Crippen LogP contribution in [0.2, 0.25) is 5.02 Å². The first kappa shape index (κ1) is 18.2. The molecular weight excluding hydrogens is 308 g/mol. The van der Waals surface area contributed by atoms with Crippen LogP contribution in [0.15, 0.2) is 12.3 Å². The Hall–Kier alpha value is -1.82. The lowest BCUT2D eigenvalue weighted by molar-refractivity contribution is -0.140. The molecule has 0 aromatic carbocycles. The fourth-order valence-corrected chi connectivity index (χ4v) is 1.86. The van der Waals surface area contributed by atoms with Gasteiger partial charge in [0.1, 0.15) is 11.1 Å². The maximum atomic E-state index is 12.1. The van der Waals surface area contributed by atoms with Crippen molar-refractivity contribution in [1.29, 1.82) is 0 Å². The minimum absolute atomic E-state index is 0.189. The van der Waals surface area contributed by atoms with Crippen LogP contribution in [0.3, 0.4) is 0 Å². The van der Waals surface area contributed by atoms with Crippen molar-refractivity contribution in [3.05, 3.63) is 22.8 Å². The highest BCUT2D eigenvalue weighted by atomic mass is 35.5. The third-order valence-corrected chi connectivity index (χ3v) is 3.11. The van der Waals surface area contributed by atoms with Gasteiger partial charge in [-0.05, 0) is 17.9 Å². The molecule has 0 saturated heterocycles. The van der Waals surface area contributed by atoms with Gasteiger partial charge in [0.15, 0.2) is 0 Å². The Bertz CT molecular complexity index is 546. The van der Waals surface area contributed by atoms with E-state index in [0.717, 1.165) is 0 Å². The molecule has 1 aromatic rings. The van der Waals surface area contributed by atoms with E-state index in [0.29, 0.717) is 12.5 Å². The Balaban J connectivity index is 2.82. The monoisotopic (exact) mass is 328 g/mol. The second kappa shape index (κ2) is 7.98. The van der Waals surface area contributed by atoms with Gasteiger partial charge in [-0.3, -0.25) is 4.79 Å². The maximum Gasteiger partial charge on any atom is 0.326 e. The molecule has 7 heteroatoms. The first-order valence-corrected chi connectivity index (χ1v) is 7.42. The number of ether oxygens (including phenoxy) is 1. The number of carboxylic acids is 1. The van der Waals surface area contributed by atoms with Crippen LogP contribution in [-0.4, -0.2) is 34.6 Å². The summed E-state index contributed by atoms with van der Waals surface area (Å²) >= 11 is 6.03. The lowest BCUT2D eigenvalue weighted by Crippen LogP contribution is -2.44. The van der Waals surface area contributed by atoms with Crippen molar-refractivity contribution < 1.29 is 19.4 Å². The maximum absolute atomic E-state index is 12.1. The van der Waals surface area contributed by atoms with Crippen molar-refractivity contribution in [3.63, 3.8) is 0 Å². The highest BCUT2D eigenvalue weighted by Gasteiger charge is 2.24. The largest absolute Gasteiger partial charge is 0.480 e. The lowest BCUT2D eigenvalue weighted by Gasteiger charge is -2.18. The number of aromatic nitrogens is 1. The van der Waals surface area contributed by atoms with Crippen molar-refractivity contribution in [3.8, 4) is 5.88 Å². The summed E-state index contributed by atoms with van der Waals surface area (Å²) in [5.41, 5.74) is 0.189. The van der Waals surface area contributed by atoms with E-state index in [-0.39, 0.29) is 22.4 Å². The SMILES string of the molecule is CC(C)COc1ncc(C(=O)N[C@@H](C(=O)O)C(C)C)cc1Cl. The smallest absolute Gasteiger partial charge is 0.326 e. The molecule has 0 spiro atoms. The zero-order chi connectivity index (χ0) is 16.9. The summed E-state index contributed by atoms with van der Waals surface area (Å²) in [5.74, 6) is -1.28. The van der Waals surface area contributed by atoms with Crippen molar-refractivity contribution in [2.75, 3.05) is 6.61 Å². The summed E-state index contributed by atoms with van der Waals surface area (Å²) in [6, 6.07) is 0.446. The molecule has 1 rings (SSSR count). The number of amides is 1. The zero-order valence-corrected chi connectivity index (χ0v) is 13.8. The topological polar surface area (TPSA) is 88.5 Å². The predicted molar refractivity (Wildman–Crippen MR) is 83.3 cm³/mol. The fraction of sp³-hybridized carbons (Fsp3) is 0.533. The van der Waals surface area contributed by atoms with Crippen molar-refractivity contribution >= 4 is 23.5 Å². The van der Waals surface area contributed by atoms with E-state index in [9.17, 15) is 9.59 Å². The van der Waals surface area contributed by atoms with Crippen molar-refractivity contribution in [2.24, 2.45) is 11.8 Å². The van der Waals surface area contributed by atoms with Gasteiger partial charge in [-0.2, -0.15) is 0 Å². The summed E-state index contributed by atoms with van der Waals surface area (Å²) in [6.45, 7) is 7.88. The fourth-order valence-electron chi connectivity index (χ4n) is 1.64. The summed E-state index contributed by atoms with van der Waals surface area (Å²) in [7, 11) is 0. The van der Waals surface area contributed by atoms with Gasteiger partial charge in [0.05, 0.1) is 12.2 Å². The molecule has 122 valence electrons. The lowest BCUT2D eigenvalue weighted by atomic mass is 10.0. The van der Waals surface area contributed by atoms with Gasteiger partial charge in [-0.25, -0.2) is 9.78 Å². The Labute approximate surface area is 134 Å². The number of carbonyl (C=O) groups is 2. The number of carboxylic acid groups (broad SMARTS) is 1. The molecule has 22 heavy (non-hydrogen) atoms. The van der Waals surface area contributed by atoms with E-state index < -0.39 is 17.9 Å². The minimum Gasteiger partial charge on any atom is -0.480 e. The second-order valence-corrected chi connectivity index (χ2v) is 6.16. The number of halogens is 1. The molecule has 0 aliphatic rings. The molecule has 2 N–H and O–H groups in total. The van der Waals surface area contributed by atoms with Crippen molar-refractivity contribution in [2.45, 2.75) is 33.7 Å². The number of hydrogen-bond acceptors (Lipinski definition) is 4. The van der Waals surface area contributed by atoms with Gasteiger partial charge in [0.25, 0.3) is 5.91 Å². The van der Waals surface area contributed by atoms with E-state index >= 15 is 0 Å². The van der Waals surface area contributed by atoms with Gasteiger partial charge in [0, 0.05) is 6.20 Å². The van der Waals surface area contributed by atoms with Gasteiger partial charge in [-0.1, -0.05) is 39.3 Å². The molecule has 1 amide bonds. The first-order chi connectivity index (χ1) is 10.2. The van der Waals surface area contributed by atoms with E-state index in [4.69, 9.17) is 21.4 Å². The highest BCUT2D eigenvalue weighted by molar-refractivity contribution is 6.32. The van der Waals surface area contributed by atoms with Crippen LogP contribution >= 0.6 is 11.6 Å². The molecule has 0 aliphatic carbocycles.